The van der Waals surface area contributed by atoms with Crippen molar-refractivity contribution in [3.8, 4) is 6.07 Å². The van der Waals surface area contributed by atoms with Crippen molar-refractivity contribution in [2.24, 2.45) is 0 Å². The summed E-state index contributed by atoms with van der Waals surface area (Å²) in [5.74, 6) is -0.485. The molecular formula is C17H15FN2O. The summed E-state index contributed by atoms with van der Waals surface area (Å²) in [6.45, 7) is 2.71. The number of amides is 1. The predicted molar refractivity (Wildman–Crippen MR) is 78.0 cm³/mol. The first-order valence-corrected chi connectivity index (χ1v) is 6.68. The van der Waals surface area contributed by atoms with E-state index in [0.29, 0.717) is 24.2 Å². The summed E-state index contributed by atoms with van der Waals surface area (Å²) in [7, 11) is 0. The maximum atomic E-state index is 13.2. The summed E-state index contributed by atoms with van der Waals surface area (Å²) in [5, 5.41) is 8.89. The largest absolute Gasteiger partial charge is 0.335 e. The molecular weight excluding hydrogens is 267 g/mol. The number of nitriles is 1. The van der Waals surface area contributed by atoms with Gasteiger partial charge in [0, 0.05) is 18.7 Å². The molecule has 0 fully saturated rings. The Labute approximate surface area is 123 Å². The molecule has 1 amide bonds. The van der Waals surface area contributed by atoms with Gasteiger partial charge in [0.15, 0.2) is 0 Å². The van der Waals surface area contributed by atoms with Crippen LogP contribution in [0.3, 0.4) is 0 Å². The monoisotopic (exact) mass is 282 g/mol. The zero-order valence-electron chi connectivity index (χ0n) is 11.7. The Kier molecular flexibility index (Phi) is 4.68. The van der Waals surface area contributed by atoms with Gasteiger partial charge in [0.05, 0.1) is 11.6 Å². The van der Waals surface area contributed by atoms with E-state index in [1.165, 1.54) is 12.1 Å². The van der Waals surface area contributed by atoms with E-state index in [2.05, 4.69) is 0 Å². The molecule has 0 unspecified atom stereocenters. The number of halogens is 1. The Morgan fingerprint density at radius 2 is 2.00 bits per heavy atom. The van der Waals surface area contributed by atoms with Crippen LogP contribution in [0.2, 0.25) is 0 Å². The van der Waals surface area contributed by atoms with E-state index in [-0.39, 0.29) is 11.7 Å². The SMILES string of the molecule is CCN(Cc1cccc(F)c1)C(=O)c1cccc(C#N)c1. The van der Waals surface area contributed by atoms with Gasteiger partial charge < -0.3 is 4.90 Å². The molecule has 4 heteroatoms. The Bertz CT molecular complexity index is 691. The number of rotatable bonds is 4. The number of hydrogen-bond acceptors (Lipinski definition) is 2. The van der Waals surface area contributed by atoms with E-state index in [0.717, 1.165) is 5.56 Å². The molecule has 0 aliphatic heterocycles. The second-order valence-electron chi connectivity index (χ2n) is 4.64. The molecule has 0 aromatic heterocycles. The van der Waals surface area contributed by atoms with Gasteiger partial charge in [-0.1, -0.05) is 18.2 Å². The van der Waals surface area contributed by atoms with E-state index in [1.54, 1.807) is 41.3 Å². The maximum absolute atomic E-state index is 13.2. The van der Waals surface area contributed by atoms with Crippen molar-refractivity contribution in [1.82, 2.24) is 4.90 Å². The number of carbonyl (C=O) groups is 1. The summed E-state index contributed by atoms with van der Waals surface area (Å²) >= 11 is 0. The summed E-state index contributed by atoms with van der Waals surface area (Å²) in [6.07, 6.45) is 0. The molecule has 0 spiro atoms. The first kappa shape index (κ1) is 14.7. The fourth-order valence-electron chi connectivity index (χ4n) is 2.09. The highest BCUT2D eigenvalue weighted by Gasteiger charge is 2.15. The lowest BCUT2D eigenvalue weighted by Crippen LogP contribution is -2.30. The van der Waals surface area contributed by atoms with Crippen LogP contribution in [0.15, 0.2) is 48.5 Å². The van der Waals surface area contributed by atoms with E-state index in [9.17, 15) is 9.18 Å². The van der Waals surface area contributed by atoms with Crippen LogP contribution in [0.4, 0.5) is 4.39 Å². The molecule has 0 N–H and O–H groups in total. The quantitative estimate of drug-likeness (QED) is 0.863. The standard InChI is InChI=1S/C17H15FN2O/c1-2-20(12-14-6-4-8-16(18)10-14)17(21)15-7-3-5-13(9-15)11-19/h3-10H,2,12H2,1H3. The second-order valence-corrected chi connectivity index (χ2v) is 4.64. The van der Waals surface area contributed by atoms with Crippen molar-refractivity contribution in [1.29, 1.82) is 5.26 Å². The lowest BCUT2D eigenvalue weighted by atomic mass is 10.1. The summed E-state index contributed by atoms with van der Waals surface area (Å²) in [6, 6.07) is 14.8. The highest BCUT2D eigenvalue weighted by Crippen LogP contribution is 2.12. The van der Waals surface area contributed by atoms with Crippen LogP contribution in [-0.4, -0.2) is 17.4 Å². The summed E-state index contributed by atoms with van der Waals surface area (Å²) in [5.41, 5.74) is 1.65. The minimum Gasteiger partial charge on any atom is -0.335 e. The first-order valence-electron chi connectivity index (χ1n) is 6.68. The normalized spacial score (nSPS) is 9.95. The Morgan fingerprint density at radius 3 is 2.67 bits per heavy atom. The van der Waals surface area contributed by atoms with E-state index >= 15 is 0 Å². The summed E-state index contributed by atoms with van der Waals surface area (Å²) in [4.78, 5) is 14.1. The minimum absolute atomic E-state index is 0.168. The molecule has 2 rings (SSSR count). The van der Waals surface area contributed by atoms with Gasteiger partial charge in [0.2, 0.25) is 0 Å². The van der Waals surface area contributed by atoms with Crippen molar-refractivity contribution < 1.29 is 9.18 Å². The van der Waals surface area contributed by atoms with Gasteiger partial charge in [0.25, 0.3) is 5.91 Å². The van der Waals surface area contributed by atoms with Crippen LogP contribution in [0.25, 0.3) is 0 Å². The molecule has 0 aliphatic rings. The van der Waals surface area contributed by atoms with Crippen molar-refractivity contribution in [3.05, 3.63) is 71.0 Å². The highest BCUT2D eigenvalue weighted by atomic mass is 19.1. The predicted octanol–water partition coefficient (Wildman–Crippen LogP) is 3.36. The van der Waals surface area contributed by atoms with Gasteiger partial charge >= 0.3 is 0 Å². The van der Waals surface area contributed by atoms with Crippen LogP contribution < -0.4 is 0 Å². The fraction of sp³-hybridized carbons (Fsp3) is 0.176. The van der Waals surface area contributed by atoms with Crippen LogP contribution in [0.1, 0.15) is 28.4 Å². The highest BCUT2D eigenvalue weighted by molar-refractivity contribution is 5.94. The van der Waals surface area contributed by atoms with Crippen molar-refractivity contribution in [3.63, 3.8) is 0 Å². The third kappa shape index (κ3) is 3.67. The molecule has 2 aromatic rings. The van der Waals surface area contributed by atoms with E-state index in [1.807, 2.05) is 13.0 Å². The third-order valence-electron chi connectivity index (χ3n) is 3.17. The molecule has 21 heavy (non-hydrogen) atoms. The molecule has 0 aliphatic carbocycles. The fourth-order valence-corrected chi connectivity index (χ4v) is 2.09. The zero-order valence-corrected chi connectivity index (χ0v) is 11.7. The second kappa shape index (κ2) is 6.67. The van der Waals surface area contributed by atoms with Crippen molar-refractivity contribution >= 4 is 5.91 Å². The average molecular weight is 282 g/mol. The first-order chi connectivity index (χ1) is 10.1. The van der Waals surface area contributed by atoms with Gasteiger partial charge in [-0.3, -0.25) is 4.79 Å². The van der Waals surface area contributed by atoms with Gasteiger partial charge in [-0.2, -0.15) is 5.26 Å². The molecule has 106 valence electrons. The summed E-state index contributed by atoms with van der Waals surface area (Å²) < 4.78 is 13.2. The van der Waals surface area contributed by atoms with Gasteiger partial charge in [0.1, 0.15) is 5.82 Å². The molecule has 0 saturated carbocycles. The molecule has 0 radical (unpaired) electrons. The van der Waals surface area contributed by atoms with Gasteiger partial charge in [-0.15, -0.1) is 0 Å². The average Bonchev–Trinajstić information content (AvgIpc) is 2.52. The number of hydrogen-bond donors (Lipinski definition) is 0. The molecule has 0 heterocycles. The lowest BCUT2D eigenvalue weighted by molar-refractivity contribution is 0.0752. The topological polar surface area (TPSA) is 44.1 Å². The number of nitrogens with zero attached hydrogens (tertiary/aromatic N) is 2. The van der Waals surface area contributed by atoms with E-state index in [4.69, 9.17) is 5.26 Å². The maximum Gasteiger partial charge on any atom is 0.254 e. The molecule has 0 bridgehead atoms. The Morgan fingerprint density at radius 1 is 1.24 bits per heavy atom. The van der Waals surface area contributed by atoms with Crippen LogP contribution >= 0.6 is 0 Å². The number of benzene rings is 2. The molecule has 0 atom stereocenters. The minimum atomic E-state index is -0.317. The smallest absolute Gasteiger partial charge is 0.254 e. The van der Waals surface area contributed by atoms with Gasteiger partial charge in [-0.25, -0.2) is 4.39 Å². The Balaban J connectivity index is 2.20. The van der Waals surface area contributed by atoms with Crippen molar-refractivity contribution in [2.45, 2.75) is 13.5 Å². The van der Waals surface area contributed by atoms with Crippen LogP contribution in [0, 0.1) is 17.1 Å². The van der Waals surface area contributed by atoms with E-state index < -0.39 is 0 Å². The molecule has 2 aromatic carbocycles. The van der Waals surface area contributed by atoms with Crippen LogP contribution in [0.5, 0.6) is 0 Å². The Hall–Kier alpha value is -2.67. The van der Waals surface area contributed by atoms with Crippen molar-refractivity contribution in [2.75, 3.05) is 6.54 Å². The van der Waals surface area contributed by atoms with Crippen LogP contribution in [-0.2, 0) is 6.54 Å². The van der Waals surface area contributed by atoms with Gasteiger partial charge in [-0.05, 0) is 42.8 Å². The number of carbonyl (C=O) groups excluding carboxylic acids is 1. The zero-order chi connectivity index (χ0) is 15.2. The molecule has 3 nitrogen and oxygen atoms in total. The lowest BCUT2D eigenvalue weighted by Gasteiger charge is -2.21. The third-order valence-corrected chi connectivity index (χ3v) is 3.17. The molecule has 0 saturated heterocycles.